The molecule has 0 fully saturated rings. The van der Waals surface area contributed by atoms with E-state index in [0.717, 1.165) is 32.2 Å². The minimum atomic E-state index is -0.739. The van der Waals surface area contributed by atoms with Crippen molar-refractivity contribution in [1.82, 2.24) is 16.0 Å². The fourth-order valence-corrected chi connectivity index (χ4v) is 2.53. The second-order valence-electron chi connectivity index (χ2n) is 7.85. The molecule has 4 N–H and O–H groups in total. The minimum absolute atomic E-state index is 0.0509. The second kappa shape index (κ2) is 22.7. The molecule has 3 amide bonds. The van der Waals surface area contributed by atoms with Gasteiger partial charge in [-0.2, -0.15) is 0 Å². The topological polar surface area (TPSA) is 125 Å². The van der Waals surface area contributed by atoms with Crippen molar-refractivity contribution in [1.29, 1.82) is 0 Å². The number of rotatable bonds is 14. The smallest absolute Gasteiger partial charge is 0.320 e. The third-order valence-electron chi connectivity index (χ3n) is 4.12. The summed E-state index contributed by atoms with van der Waals surface area (Å²) < 4.78 is 0. The molecule has 0 radical (unpaired) electrons. The summed E-state index contributed by atoms with van der Waals surface area (Å²) in [5.74, 6) is -0.963. The summed E-state index contributed by atoms with van der Waals surface area (Å²) in [7, 11) is 0. The van der Waals surface area contributed by atoms with Crippen LogP contribution in [0, 0.1) is 11.8 Å². The van der Waals surface area contributed by atoms with E-state index in [1.54, 1.807) is 0 Å². The molecule has 0 aliphatic carbocycles. The summed E-state index contributed by atoms with van der Waals surface area (Å²) in [5.41, 5.74) is 0. The van der Waals surface area contributed by atoms with Crippen molar-refractivity contribution < 1.29 is 24.3 Å². The lowest BCUT2D eigenvalue weighted by molar-refractivity contribution is -0.140. The molecule has 0 saturated heterocycles. The van der Waals surface area contributed by atoms with Crippen LogP contribution in [-0.4, -0.2) is 47.9 Å². The maximum atomic E-state index is 11.6. The lowest BCUT2D eigenvalue weighted by Crippen LogP contribution is -2.49. The Morgan fingerprint density at radius 3 is 1.94 bits per heavy atom. The second-order valence-corrected chi connectivity index (χ2v) is 7.85. The maximum absolute atomic E-state index is 11.6. The monoisotopic (exact) mass is 445 g/mol. The molecule has 0 saturated carbocycles. The average molecular weight is 446 g/mol. The van der Waals surface area contributed by atoms with Crippen molar-refractivity contribution in [3.63, 3.8) is 0 Å². The van der Waals surface area contributed by atoms with Crippen LogP contribution < -0.4 is 16.0 Å². The van der Waals surface area contributed by atoms with Crippen LogP contribution in [0.15, 0.2) is 0 Å². The van der Waals surface area contributed by atoms with Crippen LogP contribution in [0.25, 0.3) is 0 Å². The van der Waals surface area contributed by atoms with E-state index in [0.29, 0.717) is 25.2 Å². The van der Waals surface area contributed by atoms with E-state index in [1.807, 2.05) is 48.5 Å². The first kappa shape index (κ1) is 33.7. The molecule has 8 nitrogen and oxygen atoms in total. The molecule has 2 unspecified atom stereocenters. The Hall–Kier alpha value is -1.96. The van der Waals surface area contributed by atoms with Crippen molar-refractivity contribution in [3.05, 3.63) is 0 Å². The molecule has 0 aliphatic heterocycles. The molecule has 31 heavy (non-hydrogen) atoms. The largest absolute Gasteiger partial charge is 0.480 e. The van der Waals surface area contributed by atoms with Gasteiger partial charge in [-0.15, -0.1) is 0 Å². The first-order chi connectivity index (χ1) is 14.6. The number of amides is 3. The number of imide groups is 1. The zero-order valence-corrected chi connectivity index (χ0v) is 20.9. The molecule has 0 aromatic heterocycles. The third-order valence-corrected chi connectivity index (χ3v) is 4.12. The number of hydrogen-bond acceptors (Lipinski definition) is 5. The van der Waals surface area contributed by atoms with E-state index in [1.165, 1.54) is 0 Å². The number of carboxylic acids is 1. The highest BCUT2D eigenvalue weighted by Crippen LogP contribution is 2.05. The van der Waals surface area contributed by atoms with Gasteiger partial charge in [0, 0.05) is 6.42 Å². The first-order valence-electron chi connectivity index (χ1n) is 11.6. The van der Waals surface area contributed by atoms with Gasteiger partial charge >= 0.3 is 5.97 Å². The number of carbonyl (C=O) groups is 4. The molecule has 0 spiro atoms. The number of aliphatic carboxylic acids is 1. The zero-order valence-electron chi connectivity index (χ0n) is 20.9. The van der Waals surface area contributed by atoms with Gasteiger partial charge in [0.1, 0.15) is 12.1 Å². The van der Waals surface area contributed by atoms with Gasteiger partial charge in [-0.3, -0.25) is 24.5 Å². The number of nitrogens with one attached hydrogen (secondary N) is 3. The van der Waals surface area contributed by atoms with Gasteiger partial charge < -0.3 is 15.7 Å². The molecule has 0 bridgehead atoms. The van der Waals surface area contributed by atoms with E-state index >= 15 is 0 Å². The van der Waals surface area contributed by atoms with Gasteiger partial charge in [-0.1, -0.05) is 68.2 Å². The fraction of sp³-hybridized carbons (Fsp3) is 0.826. The summed E-state index contributed by atoms with van der Waals surface area (Å²) in [4.78, 5) is 43.9. The highest BCUT2D eigenvalue weighted by molar-refractivity contribution is 5.93. The van der Waals surface area contributed by atoms with E-state index < -0.39 is 17.9 Å². The number of unbranched alkanes of at least 4 members (excludes halogenated alkanes) is 2. The zero-order chi connectivity index (χ0) is 24.8. The highest BCUT2D eigenvalue weighted by Gasteiger charge is 2.23. The van der Waals surface area contributed by atoms with E-state index in [9.17, 15) is 19.2 Å². The molecule has 0 aliphatic rings. The molecular formula is C23H47N3O5. The minimum Gasteiger partial charge on any atom is -0.480 e. The van der Waals surface area contributed by atoms with Gasteiger partial charge in [0.2, 0.25) is 18.2 Å². The molecule has 2 atom stereocenters. The summed E-state index contributed by atoms with van der Waals surface area (Å²) >= 11 is 0. The predicted octanol–water partition coefficient (Wildman–Crippen LogP) is 3.49. The van der Waals surface area contributed by atoms with Crippen LogP contribution in [0.4, 0.5) is 0 Å². The lowest BCUT2D eigenvalue weighted by Gasteiger charge is -2.20. The molecule has 8 heteroatoms. The van der Waals surface area contributed by atoms with Gasteiger partial charge in [0.15, 0.2) is 0 Å². The summed E-state index contributed by atoms with van der Waals surface area (Å²) in [6.07, 6.45) is 5.30. The Labute approximate surface area is 189 Å². The van der Waals surface area contributed by atoms with Crippen LogP contribution in [0.1, 0.15) is 93.9 Å². The van der Waals surface area contributed by atoms with Crippen molar-refractivity contribution in [2.24, 2.45) is 11.8 Å². The van der Waals surface area contributed by atoms with Gasteiger partial charge in [-0.25, -0.2) is 0 Å². The summed E-state index contributed by atoms with van der Waals surface area (Å²) in [6, 6.07) is -1.01. The van der Waals surface area contributed by atoms with Crippen LogP contribution in [0.3, 0.4) is 0 Å². The van der Waals surface area contributed by atoms with Crippen LogP contribution in [0.5, 0.6) is 0 Å². The van der Waals surface area contributed by atoms with Crippen LogP contribution in [0.2, 0.25) is 0 Å². The Morgan fingerprint density at radius 2 is 1.55 bits per heavy atom. The third kappa shape index (κ3) is 21.1. The molecule has 184 valence electrons. The Morgan fingerprint density at radius 1 is 0.968 bits per heavy atom. The quantitative estimate of drug-likeness (QED) is 0.240. The van der Waals surface area contributed by atoms with Gasteiger partial charge in [0.25, 0.3) is 0 Å². The Kier molecular flexibility index (Phi) is 24.7. The number of carboxylic acid groups (broad SMARTS) is 1. The molecule has 0 heterocycles. The molecule has 0 rings (SSSR count). The summed E-state index contributed by atoms with van der Waals surface area (Å²) in [5, 5.41) is 16.5. The molecule has 0 aromatic rings. The van der Waals surface area contributed by atoms with E-state index in [-0.39, 0.29) is 17.9 Å². The molecular weight excluding hydrogens is 398 g/mol. The van der Waals surface area contributed by atoms with Crippen LogP contribution >= 0.6 is 0 Å². The van der Waals surface area contributed by atoms with Gasteiger partial charge in [-0.05, 0) is 37.6 Å². The average Bonchev–Trinajstić information content (AvgIpc) is 2.71. The Bertz CT molecular complexity index is 482. The van der Waals surface area contributed by atoms with Crippen LogP contribution in [-0.2, 0) is 19.2 Å². The van der Waals surface area contributed by atoms with Crippen molar-refractivity contribution in [2.45, 2.75) is 106 Å². The van der Waals surface area contributed by atoms with Crippen molar-refractivity contribution >= 4 is 24.2 Å². The van der Waals surface area contributed by atoms with Crippen molar-refractivity contribution in [3.8, 4) is 0 Å². The maximum Gasteiger partial charge on any atom is 0.320 e. The lowest BCUT2D eigenvalue weighted by atomic mass is 10.0. The fourth-order valence-electron chi connectivity index (χ4n) is 2.53. The SMILES string of the molecule is CC.CCCCCC(=O)NC(C(=O)NC=O)C(C)C.CCCNC(CC(C)C)C(=O)O. The normalized spacial score (nSPS) is 11.9. The highest BCUT2D eigenvalue weighted by atomic mass is 16.4. The number of carbonyl (C=O) groups excluding carboxylic acids is 3. The Balaban J connectivity index is -0.000000492. The number of hydrogen-bond donors (Lipinski definition) is 4. The predicted molar refractivity (Wildman–Crippen MR) is 126 cm³/mol. The standard InChI is InChI=1S/C12H22N2O3.C9H19NO2.C2H6/c1-4-5-6-7-10(16)14-11(9(2)3)12(17)13-8-15;1-4-5-10-8(9(11)12)6-7(2)3;1-2/h8-9,11H,4-7H2,1-3H3,(H,14,16)(H,13,15,17);7-8,10H,4-6H2,1-3H3,(H,11,12);1-2H3. The summed E-state index contributed by atoms with van der Waals surface area (Å²) in [6.45, 7) is 16.6. The van der Waals surface area contributed by atoms with E-state index in [4.69, 9.17) is 5.11 Å². The van der Waals surface area contributed by atoms with Crippen molar-refractivity contribution in [2.75, 3.05) is 6.54 Å². The van der Waals surface area contributed by atoms with E-state index in [2.05, 4.69) is 22.9 Å². The first-order valence-corrected chi connectivity index (χ1v) is 11.6. The molecule has 0 aromatic carbocycles. The van der Waals surface area contributed by atoms with Gasteiger partial charge in [0.05, 0.1) is 0 Å².